The zero-order valence-electron chi connectivity index (χ0n) is 11.4. The van der Waals surface area contributed by atoms with Crippen LogP contribution in [-0.4, -0.2) is 13.1 Å². The van der Waals surface area contributed by atoms with Gasteiger partial charge in [-0.25, -0.2) is 0 Å². The van der Waals surface area contributed by atoms with Crippen LogP contribution in [0.15, 0.2) is 18.2 Å². The molecule has 0 saturated carbocycles. The van der Waals surface area contributed by atoms with Crippen LogP contribution in [0.1, 0.15) is 43.7 Å². The van der Waals surface area contributed by atoms with Gasteiger partial charge in [-0.15, -0.1) is 0 Å². The van der Waals surface area contributed by atoms with Crippen LogP contribution >= 0.6 is 0 Å². The predicted molar refractivity (Wildman–Crippen MR) is 75.7 cm³/mol. The van der Waals surface area contributed by atoms with Gasteiger partial charge in [-0.1, -0.05) is 19.8 Å². The lowest BCUT2D eigenvalue weighted by molar-refractivity contribution is 0.378. The van der Waals surface area contributed by atoms with Crippen LogP contribution in [0, 0.1) is 24.2 Å². The van der Waals surface area contributed by atoms with E-state index >= 15 is 0 Å². The summed E-state index contributed by atoms with van der Waals surface area (Å²) >= 11 is 0. The molecule has 0 atom stereocenters. The Morgan fingerprint density at radius 1 is 1.33 bits per heavy atom. The minimum atomic E-state index is 0.791. The molecule has 2 nitrogen and oxygen atoms in total. The first-order chi connectivity index (χ1) is 8.74. The zero-order valence-corrected chi connectivity index (χ0v) is 11.4. The Kier molecular flexibility index (Phi) is 4.25. The van der Waals surface area contributed by atoms with Gasteiger partial charge in [0.15, 0.2) is 0 Å². The molecule has 0 aromatic heterocycles. The highest BCUT2D eigenvalue weighted by Gasteiger charge is 2.18. The van der Waals surface area contributed by atoms with Crippen LogP contribution in [0.5, 0.6) is 0 Å². The third-order valence-corrected chi connectivity index (χ3v) is 4.01. The molecule has 1 heterocycles. The lowest BCUT2D eigenvalue weighted by atomic mass is 9.92. The SMILES string of the molecule is CCCC1CCN(c2ccc(C#N)c(C)c2)CC1. The summed E-state index contributed by atoms with van der Waals surface area (Å²) in [5.74, 6) is 0.922. The Hall–Kier alpha value is -1.49. The Morgan fingerprint density at radius 3 is 2.61 bits per heavy atom. The molecule has 18 heavy (non-hydrogen) atoms. The molecule has 0 N–H and O–H groups in total. The third kappa shape index (κ3) is 2.85. The van der Waals surface area contributed by atoms with E-state index < -0.39 is 0 Å². The van der Waals surface area contributed by atoms with Crippen molar-refractivity contribution >= 4 is 5.69 Å². The smallest absolute Gasteiger partial charge is 0.0994 e. The number of piperidine rings is 1. The van der Waals surface area contributed by atoms with E-state index in [9.17, 15) is 0 Å². The van der Waals surface area contributed by atoms with Crippen LogP contribution in [0.4, 0.5) is 5.69 Å². The molecule has 0 unspecified atom stereocenters. The standard InChI is InChI=1S/C16H22N2/c1-3-4-14-7-9-18(10-8-14)16-6-5-15(12-17)13(2)11-16/h5-6,11,14H,3-4,7-10H2,1-2H3. The van der Waals surface area contributed by atoms with E-state index in [1.54, 1.807) is 0 Å². The van der Waals surface area contributed by atoms with E-state index in [0.717, 1.165) is 30.1 Å². The van der Waals surface area contributed by atoms with Crippen LogP contribution in [0.2, 0.25) is 0 Å². The Bertz CT molecular complexity index is 437. The van der Waals surface area contributed by atoms with Gasteiger partial charge in [0.25, 0.3) is 0 Å². The van der Waals surface area contributed by atoms with Gasteiger partial charge in [0.2, 0.25) is 0 Å². The molecular weight excluding hydrogens is 220 g/mol. The van der Waals surface area contributed by atoms with Gasteiger partial charge in [-0.2, -0.15) is 5.26 Å². The van der Waals surface area contributed by atoms with Crippen molar-refractivity contribution in [3.8, 4) is 6.07 Å². The van der Waals surface area contributed by atoms with Gasteiger partial charge in [0.1, 0.15) is 0 Å². The topological polar surface area (TPSA) is 27.0 Å². The number of hydrogen-bond donors (Lipinski definition) is 0. The van der Waals surface area contributed by atoms with Crippen molar-refractivity contribution < 1.29 is 0 Å². The molecule has 0 bridgehead atoms. The first kappa shape index (κ1) is 13.0. The molecule has 0 aliphatic carbocycles. The van der Waals surface area contributed by atoms with Gasteiger partial charge in [-0.05, 0) is 49.4 Å². The van der Waals surface area contributed by atoms with Crippen LogP contribution in [0.25, 0.3) is 0 Å². The predicted octanol–water partition coefficient (Wildman–Crippen LogP) is 3.88. The number of aryl methyl sites for hydroxylation is 1. The fraction of sp³-hybridized carbons (Fsp3) is 0.562. The third-order valence-electron chi connectivity index (χ3n) is 4.01. The molecule has 0 spiro atoms. The van der Waals surface area contributed by atoms with E-state index in [-0.39, 0.29) is 0 Å². The average molecular weight is 242 g/mol. The van der Waals surface area contributed by atoms with Gasteiger partial charge < -0.3 is 4.90 Å². The summed E-state index contributed by atoms with van der Waals surface area (Å²) in [5.41, 5.74) is 3.16. The van der Waals surface area contributed by atoms with Crippen LogP contribution in [-0.2, 0) is 0 Å². The number of rotatable bonds is 3. The molecule has 0 radical (unpaired) electrons. The maximum absolute atomic E-state index is 8.95. The number of nitriles is 1. The van der Waals surface area contributed by atoms with Gasteiger partial charge in [0, 0.05) is 18.8 Å². The highest BCUT2D eigenvalue weighted by atomic mass is 15.1. The molecule has 96 valence electrons. The van der Waals surface area contributed by atoms with Crippen molar-refractivity contribution in [2.75, 3.05) is 18.0 Å². The molecule has 1 saturated heterocycles. The van der Waals surface area contributed by atoms with E-state index in [2.05, 4.69) is 30.0 Å². The lowest BCUT2D eigenvalue weighted by Crippen LogP contribution is -2.33. The summed E-state index contributed by atoms with van der Waals surface area (Å²) in [6.07, 6.45) is 5.31. The van der Waals surface area contributed by atoms with Gasteiger partial charge >= 0.3 is 0 Å². The number of benzene rings is 1. The number of hydrogen-bond acceptors (Lipinski definition) is 2. The van der Waals surface area contributed by atoms with Crippen molar-refractivity contribution in [2.45, 2.75) is 39.5 Å². The monoisotopic (exact) mass is 242 g/mol. The van der Waals surface area contributed by atoms with Crippen LogP contribution < -0.4 is 4.90 Å². The quantitative estimate of drug-likeness (QED) is 0.804. The minimum absolute atomic E-state index is 0.791. The fourth-order valence-corrected chi connectivity index (χ4v) is 2.86. The molecule has 1 aliphatic rings. The minimum Gasteiger partial charge on any atom is -0.372 e. The molecule has 1 aromatic carbocycles. The Labute approximate surface area is 110 Å². The summed E-state index contributed by atoms with van der Waals surface area (Å²) < 4.78 is 0. The second-order valence-corrected chi connectivity index (χ2v) is 5.33. The number of anilines is 1. The summed E-state index contributed by atoms with van der Waals surface area (Å²) in [7, 11) is 0. The van der Waals surface area contributed by atoms with E-state index in [1.807, 2.05) is 13.0 Å². The van der Waals surface area contributed by atoms with E-state index in [0.29, 0.717) is 0 Å². The van der Waals surface area contributed by atoms with Crippen molar-refractivity contribution in [3.05, 3.63) is 29.3 Å². The van der Waals surface area contributed by atoms with Crippen LogP contribution in [0.3, 0.4) is 0 Å². The highest BCUT2D eigenvalue weighted by Crippen LogP contribution is 2.27. The maximum Gasteiger partial charge on any atom is 0.0994 e. The molecule has 0 amide bonds. The van der Waals surface area contributed by atoms with Gasteiger partial charge in [0.05, 0.1) is 11.6 Å². The molecule has 2 heteroatoms. The average Bonchev–Trinajstić information content (AvgIpc) is 2.40. The molecule has 2 rings (SSSR count). The summed E-state index contributed by atoms with van der Waals surface area (Å²) in [6.45, 7) is 6.62. The Balaban J connectivity index is 2.02. The Morgan fingerprint density at radius 2 is 2.06 bits per heavy atom. The second kappa shape index (κ2) is 5.91. The molecular formula is C16H22N2. The first-order valence-electron chi connectivity index (χ1n) is 7.00. The van der Waals surface area contributed by atoms with Crippen molar-refractivity contribution in [1.29, 1.82) is 5.26 Å². The van der Waals surface area contributed by atoms with Crippen molar-refractivity contribution in [2.24, 2.45) is 5.92 Å². The largest absolute Gasteiger partial charge is 0.372 e. The molecule has 1 aromatic rings. The zero-order chi connectivity index (χ0) is 13.0. The lowest BCUT2D eigenvalue weighted by Gasteiger charge is -2.33. The van der Waals surface area contributed by atoms with E-state index in [4.69, 9.17) is 5.26 Å². The molecule has 1 aliphatic heterocycles. The van der Waals surface area contributed by atoms with Gasteiger partial charge in [-0.3, -0.25) is 0 Å². The summed E-state index contributed by atoms with van der Waals surface area (Å²) in [4.78, 5) is 2.46. The number of nitrogens with zero attached hydrogens (tertiary/aromatic N) is 2. The van der Waals surface area contributed by atoms with E-state index in [1.165, 1.54) is 31.4 Å². The molecule has 1 fully saturated rings. The second-order valence-electron chi connectivity index (χ2n) is 5.33. The first-order valence-corrected chi connectivity index (χ1v) is 7.00. The fourth-order valence-electron chi connectivity index (χ4n) is 2.86. The maximum atomic E-state index is 8.95. The normalized spacial score (nSPS) is 16.6. The van der Waals surface area contributed by atoms with Crippen molar-refractivity contribution in [3.63, 3.8) is 0 Å². The summed E-state index contributed by atoms with van der Waals surface area (Å²) in [5, 5.41) is 8.95. The van der Waals surface area contributed by atoms with Crippen molar-refractivity contribution in [1.82, 2.24) is 0 Å². The summed E-state index contributed by atoms with van der Waals surface area (Å²) in [6, 6.07) is 8.42. The highest BCUT2D eigenvalue weighted by molar-refractivity contribution is 5.53.